The van der Waals surface area contributed by atoms with Crippen LogP contribution in [0.2, 0.25) is 0 Å². The highest BCUT2D eigenvalue weighted by atomic mass is 32.2. The molecule has 1 saturated heterocycles. The first kappa shape index (κ1) is 31.0. The van der Waals surface area contributed by atoms with Gasteiger partial charge >= 0.3 is 0 Å². The summed E-state index contributed by atoms with van der Waals surface area (Å²) in [5, 5.41) is 2.73. The van der Waals surface area contributed by atoms with E-state index in [2.05, 4.69) is 10.2 Å². The van der Waals surface area contributed by atoms with Crippen LogP contribution in [0, 0.1) is 0 Å². The van der Waals surface area contributed by atoms with Gasteiger partial charge in [-0.3, -0.25) is 4.79 Å². The van der Waals surface area contributed by atoms with E-state index in [0.717, 1.165) is 17.4 Å². The molecule has 39 heavy (non-hydrogen) atoms. The Bertz CT molecular complexity index is 1270. The molecular formula is C26H38N4O7S2. The minimum atomic E-state index is -4.09. The summed E-state index contributed by atoms with van der Waals surface area (Å²) >= 11 is 0. The Morgan fingerprint density at radius 3 is 2.08 bits per heavy atom. The van der Waals surface area contributed by atoms with Crippen LogP contribution < -0.4 is 10.1 Å². The van der Waals surface area contributed by atoms with Crippen LogP contribution in [0.4, 0.5) is 5.69 Å². The zero-order valence-corrected chi connectivity index (χ0v) is 24.3. The van der Waals surface area contributed by atoms with E-state index in [-0.39, 0.29) is 36.0 Å². The van der Waals surface area contributed by atoms with E-state index < -0.39 is 26.0 Å². The fourth-order valence-corrected chi connectivity index (χ4v) is 7.04. The molecule has 0 spiro atoms. The van der Waals surface area contributed by atoms with Gasteiger partial charge in [0.2, 0.25) is 26.0 Å². The fourth-order valence-electron chi connectivity index (χ4n) is 4.20. The van der Waals surface area contributed by atoms with Crippen molar-refractivity contribution in [1.82, 2.24) is 13.5 Å². The highest BCUT2D eigenvalue weighted by molar-refractivity contribution is 7.89. The van der Waals surface area contributed by atoms with Gasteiger partial charge < -0.3 is 19.7 Å². The van der Waals surface area contributed by atoms with Crippen molar-refractivity contribution in [3.05, 3.63) is 48.5 Å². The Morgan fingerprint density at radius 1 is 0.923 bits per heavy atom. The summed E-state index contributed by atoms with van der Waals surface area (Å²) < 4.78 is 66.0. The summed E-state index contributed by atoms with van der Waals surface area (Å²) in [6.07, 6.45) is 0.528. The topological polar surface area (TPSA) is 126 Å². The molecule has 1 heterocycles. The number of ether oxygens (including phenoxy) is 2. The molecule has 1 fully saturated rings. The maximum Gasteiger partial charge on any atom is 0.243 e. The van der Waals surface area contributed by atoms with Gasteiger partial charge in [-0.25, -0.2) is 16.8 Å². The standard InChI is InChI=1S/C26H38N4O7S2/c1-4-28(5-2)15-6-16-30(21-26(31)27-22-7-9-23(36-3)10-8-22)39(34,35)25-13-11-24(12-14-25)38(32,33)29-17-19-37-20-18-29/h7-14H,4-6,15-21H2,1-3H3,(H,27,31). The molecule has 0 aromatic heterocycles. The molecule has 0 bridgehead atoms. The third kappa shape index (κ3) is 8.22. The molecule has 0 aliphatic carbocycles. The highest BCUT2D eigenvalue weighted by Crippen LogP contribution is 2.22. The van der Waals surface area contributed by atoms with Crippen molar-refractivity contribution in [3.8, 4) is 5.75 Å². The minimum absolute atomic E-state index is 0.00804. The van der Waals surface area contributed by atoms with Gasteiger partial charge in [-0.05, 0) is 74.6 Å². The van der Waals surface area contributed by atoms with Gasteiger partial charge in [0.15, 0.2) is 0 Å². The van der Waals surface area contributed by atoms with E-state index >= 15 is 0 Å². The molecular weight excluding hydrogens is 544 g/mol. The second-order valence-corrected chi connectivity index (χ2v) is 12.9. The molecule has 2 aromatic rings. The monoisotopic (exact) mass is 582 g/mol. The lowest BCUT2D eigenvalue weighted by molar-refractivity contribution is -0.116. The normalized spacial score (nSPS) is 15.0. The summed E-state index contributed by atoms with van der Waals surface area (Å²) in [4.78, 5) is 15.0. The van der Waals surface area contributed by atoms with Crippen LogP contribution in [0.25, 0.3) is 0 Å². The van der Waals surface area contributed by atoms with Crippen LogP contribution in [0.15, 0.2) is 58.3 Å². The average Bonchev–Trinajstić information content (AvgIpc) is 2.95. The Labute approximate surface area is 231 Å². The van der Waals surface area contributed by atoms with Crippen molar-refractivity contribution in [1.29, 1.82) is 0 Å². The van der Waals surface area contributed by atoms with Crippen LogP contribution in [-0.4, -0.2) is 102 Å². The number of carbonyl (C=O) groups is 1. The van der Waals surface area contributed by atoms with Crippen LogP contribution in [0.1, 0.15) is 20.3 Å². The van der Waals surface area contributed by atoms with Gasteiger partial charge in [-0.15, -0.1) is 0 Å². The summed E-state index contributed by atoms with van der Waals surface area (Å²) in [6, 6.07) is 11.9. The summed E-state index contributed by atoms with van der Waals surface area (Å²) in [6.45, 7) is 7.26. The average molecular weight is 583 g/mol. The molecule has 13 heteroatoms. The van der Waals surface area contributed by atoms with Gasteiger partial charge in [-0.1, -0.05) is 13.8 Å². The number of nitrogens with zero attached hydrogens (tertiary/aromatic N) is 3. The molecule has 3 rings (SSSR count). The van der Waals surface area contributed by atoms with Crippen molar-refractivity contribution in [3.63, 3.8) is 0 Å². The Balaban J connectivity index is 1.79. The lowest BCUT2D eigenvalue weighted by Crippen LogP contribution is -2.40. The van der Waals surface area contributed by atoms with Crippen molar-refractivity contribution in [2.24, 2.45) is 0 Å². The zero-order chi connectivity index (χ0) is 28.5. The molecule has 1 aliphatic rings. The maximum atomic E-state index is 13.6. The Kier molecular flexibility index (Phi) is 11.3. The second-order valence-electron chi connectivity index (χ2n) is 8.98. The molecule has 2 aromatic carbocycles. The SMILES string of the molecule is CCN(CC)CCCN(CC(=O)Nc1ccc(OC)cc1)S(=O)(=O)c1ccc(S(=O)(=O)N2CCOCC2)cc1. The smallest absolute Gasteiger partial charge is 0.243 e. The van der Waals surface area contributed by atoms with Crippen molar-refractivity contribution < 1.29 is 31.1 Å². The number of carbonyl (C=O) groups excluding carboxylic acids is 1. The predicted molar refractivity (Wildman–Crippen MR) is 149 cm³/mol. The largest absolute Gasteiger partial charge is 0.497 e. The van der Waals surface area contributed by atoms with Gasteiger partial charge in [0.05, 0.1) is 36.7 Å². The number of sulfonamides is 2. The fraction of sp³-hybridized carbons (Fsp3) is 0.500. The van der Waals surface area contributed by atoms with E-state index in [1.54, 1.807) is 31.4 Å². The van der Waals surface area contributed by atoms with E-state index in [1.165, 1.54) is 28.6 Å². The maximum absolute atomic E-state index is 13.6. The van der Waals surface area contributed by atoms with Crippen LogP contribution in [-0.2, 0) is 29.6 Å². The Hall–Kier alpha value is -2.55. The number of anilines is 1. The lowest BCUT2D eigenvalue weighted by Gasteiger charge is -2.26. The number of hydrogen-bond donors (Lipinski definition) is 1. The second kappa shape index (κ2) is 14.2. The van der Waals surface area contributed by atoms with Gasteiger partial charge in [0.25, 0.3) is 0 Å². The number of amides is 1. The zero-order valence-electron chi connectivity index (χ0n) is 22.7. The molecule has 1 N–H and O–H groups in total. The third-order valence-electron chi connectivity index (χ3n) is 6.54. The molecule has 216 valence electrons. The van der Waals surface area contributed by atoms with Crippen LogP contribution >= 0.6 is 0 Å². The molecule has 0 saturated carbocycles. The molecule has 1 aliphatic heterocycles. The van der Waals surface area contributed by atoms with Gasteiger partial charge in [0, 0.05) is 25.3 Å². The number of benzene rings is 2. The van der Waals surface area contributed by atoms with Crippen molar-refractivity contribution >= 4 is 31.6 Å². The number of rotatable bonds is 14. The third-order valence-corrected chi connectivity index (χ3v) is 10.3. The molecule has 11 nitrogen and oxygen atoms in total. The summed E-state index contributed by atoms with van der Waals surface area (Å²) in [5.74, 6) is 0.144. The lowest BCUT2D eigenvalue weighted by atomic mass is 10.3. The first-order chi connectivity index (χ1) is 18.6. The number of hydrogen-bond acceptors (Lipinski definition) is 8. The first-order valence-corrected chi connectivity index (χ1v) is 15.8. The quantitative estimate of drug-likeness (QED) is 0.359. The van der Waals surface area contributed by atoms with Gasteiger partial charge in [0.1, 0.15) is 5.75 Å². The van der Waals surface area contributed by atoms with Crippen LogP contribution in [0.3, 0.4) is 0 Å². The number of nitrogens with one attached hydrogen (secondary N) is 1. The first-order valence-electron chi connectivity index (χ1n) is 13.0. The number of methoxy groups -OCH3 is 1. The van der Waals surface area contributed by atoms with Crippen molar-refractivity contribution in [2.45, 2.75) is 30.1 Å². The minimum Gasteiger partial charge on any atom is -0.497 e. The molecule has 0 unspecified atom stereocenters. The molecule has 0 atom stereocenters. The molecule has 1 amide bonds. The highest BCUT2D eigenvalue weighted by Gasteiger charge is 2.29. The summed E-state index contributed by atoms with van der Waals surface area (Å²) in [5.41, 5.74) is 0.513. The van der Waals surface area contributed by atoms with E-state index in [0.29, 0.717) is 37.6 Å². The Morgan fingerprint density at radius 2 is 1.51 bits per heavy atom. The molecule has 0 radical (unpaired) electrons. The van der Waals surface area contributed by atoms with E-state index in [9.17, 15) is 21.6 Å². The van der Waals surface area contributed by atoms with E-state index in [4.69, 9.17) is 9.47 Å². The number of morpholine rings is 1. The predicted octanol–water partition coefficient (Wildman–Crippen LogP) is 2.08. The van der Waals surface area contributed by atoms with Gasteiger partial charge in [-0.2, -0.15) is 8.61 Å². The van der Waals surface area contributed by atoms with E-state index in [1.807, 2.05) is 13.8 Å². The van der Waals surface area contributed by atoms with Crippen LogP contribution in [0.5, 0.6) is 5.75 Å². The van der Waals surface area contributed by atoms with Crippen molar-refractivity contribution in [2.75, 3.05) is 71.5 Å². The summed E-state index contributed by atoms with van der Waals surface area (Å²) in [7, 11) is -6.32.